The van der Waals surface area contributed by atoms with Crippen molar-refractivity contribution in [3.63, 3.8) is 0 Å². The van der Waals surface area contributed by atoms with Gasteiger partial charge in [0.2, 0.25) is 0 Å². The Bertz CT molecular complexity index is 1300. The second-order valence-electron chi connectivity index (χ2n) is 7.46. The van der Waals surface area contributed by atoms with E-state index in [0.717, 1.165) is 53.3 Å². The maximum absolute atomic E-state index is 14.1. The van der Waals surface area contributed by atoms with Crippen molar-refractivity contribution in [3.05, 3.63) is 70.7 Å². The highest BCUT2D eigenvalue weighted by Crippen LogP contribution is 2.38. The van der Waals surface area contributed by atoms with Crippen LogP contribution in [0.4, 0.5) is 13.2 Å². The summed E-state index contributed by atoms with van der Waals surface area (Å²) in [6.07, 6.45) is 2.95. The Kier molecular flexibility index (Phi) is 5.17. The van der Waals surface area contributed by atoms with E-state index in [9.17, 15) is 13.2 Å². The zero-order valence-electron chi connectivity index (χ0n) is 16.8. The first-order chi connectivity index (χ1) is 15.1. The minimum Gasteiger partial charge on any atom is -0.302 e. The van der Waals surface area contributed by atoms with Crippen LogP contribution in [0.2, 0.25) is 0 Å². The van der Waals surface area contributed by atoms with Gasteiger partial charge >= 0.3 is 0 Å². The molecule has 2 heterocycles. The molecule has 4 aromatic rings. The van der Waals surface area contributed by atoms with Gasteiger partial charge in [-0.05, 0) is 43.9 Å². The van der Waals surface area contributed by atoms with E-state index in [2.05, 4.69) is 16.3 Å². The lowest BCUT2D eigenvalue weighted by molar-refractivity contribution is 0.443. The number of halogens is 3. The van der Waals surface area contributed by atoms with Crippen molar-refractivity contribution >= 4 is 22.7 Å². The Balaban J connectivity index is 1.56. The van der Waals surface area contributed by atoms with Gasteiger partial charge in [0, 0.05) is 34.5 Å². The van der Waals surface area contributed by atoms with Gasteiger partial charge in [0.25, 0.3) is 0 Å². The Labute approximate surface area is 181 Å². The monoisotopic (exact) mass is 440 g/mol. The van der Waals surface area contributed by atoms with Crippen LogP contribution < -0.4 is 0 Å². The molecule has 0 bridgehead atoms. The molecule has 0 atom stereocenters. The number of pyridine rings is 1. The number of thioether (sulfide) groups is 1. The highest BCUT2D eigenvalue weighted by molar-refractivity contribution is 7.98. The van der Waals surface area contributed by atoms with Crippen LogP contribution in [-0.2, 0) is 25.1 Å². The van der Waals surface area contributed by atoms with E-state index < -0.39 is 17.5 Å². The van der Waals surface area contributed by atoms with Gasteiger partial charge < -0.3 is 4.57 Å². The second-order valence-corrected chi connectivity index (χ2v) is 8.40. The molecular formula is C23H19F3N4S. The molecule has 0 aliphatic heterocycles. The first-order valence-corrected chi connectivity index (χ1v) is 11.2. The van der Waals surface area contributed by atoms with E-state index in [1.54, 1.807) is 0 Å². The smallest absolute Gasteiger partial charge is 0.194 e. The number of hydrogen-bond acceptors (Lipinski definition) is 4. The fourth-order valence-electron chi connectivity index (χ4n) is 4.15. The van der Waals surface area contributed by atoms with E-state index in [4.69, 9.17) is 4.98 Å². The van der Waals surface area contributed by atoms with Crippen molar-refractivity contribution in [3.8, 4) is 11.4 Å². The topological polar surface area (TPSA) is 43.6 Å². The van der Waals surface area contributed by atoms with Crippen LogP contribution in [0.1, 0.15) is 30.2 Å². The minimum absolute atomic E-state index is 0.0892. The summed E-state index contributed by atoms with van der Waals surface area (Å²) in [6, 6.07) is 10.2. The summed E-state index contributed by atoms with van der Waals surface area (Å²) >= 11 is 1.25. The summed E-state index contributed by atoms with van der Waals surface area (Å²) in [5.41, 5.74) is 4.40. The van der Waals surface area contributed by atoms with Crippen LogP contribution in [-0.4, -0.2) is 19.7 Å². The van der Waals surface area contributed by atoms with Crippen LogP contribution in [0.15, 0.2) is 41.6 Å². The Hall–Kier alpha value is -2.87. The number of aromatic nitrogens is 4. The van der Waals surface area contributed by atoms with E-state index >= 15 is 0 Å². The molecule has 4 nitrogen and oxygen atoms in total. The average molecular weight is 440 g/mol. The molecule has 0 fully saturated rings. The summed E-state index contributed by atoms with van der Waals surface area (Å²) in [7, 11) is 0. The van der Waals surface area contributed by atoms with Gasteiger partial charge in [0.05, 0.1) is 5.52 Å². The van der Waals surface area contributed by atoms with Gasteiger partial charge in [-0.3, -0.25) is 4.98 Å². The van der Waals surface area contributed by atoms with Crippen LogP contribution in [0, 0.1) is 17.5 Å². The lowest BCUT2D eigenvalue weighted by Crippen LogP contribution is -2.04. The van der Waals surface area contributed by atoms with Gasteiger partial charge in [-0.1, -0.05) is 36.0 Å². The summed E-state index contributed by atoms with van der Waals surface area (Å²) in [5, 5.41) is 10.5. The maximum Gasteiger partial charge on any atom is 0.194 e. The highest BCUT2D eigenvalue weighted by atomic mass is 32.2. The van der Waals surface area contributed by atoms with Crippen LogP contribution in [0.5, 0.6) is 0 Å². The molecule has 1 aliphatic rings. The molecule has 0 saturated heterocycles. The molecule has 8 heteroatoms. The first-order valence-electron chi connectivity index (χ1n) is 10.2. The van der Waals surface area contributed by atoms with Gasteiger partial charge in [0.1, 0.15) is 0 Å². The number of fused-ring (bicyclic) bond motifs is 2. The van der Waals surface area contributed by atoms with Crippen LogP contribution >= 0.6 is 11.8 Å². The highest BCUT2D eigenvalue weighted by Gasteiger charge is 2.25. The second kappa shape index (κ2) is 8.00. The lowest BCUT2D eigenvalue weighted by atomic mass is 10.0. The molecule has 5 rings (SSSR count). The van der Waals surface area contributed by atoms with Gasteiger partial charge in [0.15, 0.2) is 28.4 Å². The van der Waals surface area contributed by atoms with Crippen molar-refractivity contribution in [1.82, 2.24) is 19.7 Å². The molecule has 0 amide bonds. The zero-order valence-corrected chi connectivity index (χ0v) is 17.6. The van der Waals surface area contributed by atoms with Crippen molar-refractivity contribution in [2.45, 2.75) is 43.6 Å². The van der Waals surface area contributed by atoms with Crippen molar-refractivity contribution in [1.29, 1.82) is 0 Å². The van der Waals surface area contributed by atoms with Crippen molar-refractivity contribution in [2.75, 3.05) is 0 Å². The van der Waals surface area contributed by atoms with Crippen molar-refractivity contribution < 1.29 is 13.2 Å². The molecule has 0 radical (unpaired) electrons. The number of rotatable bonds is 5. The molecule has 158 valence electrons. The fraction of sp³-hybridized carbons (Fsp3) is 0.261. The lowest BCUT2D eigenvalue weighted by Gasteiger charge is -2.13. The molecule has 1 aliphatic carbocycles. The molecule has 2 aromatic carbocycles. The fourth-order valence-corrected chi connectivity index (χ4v) is 5.13. The number of nitrogens with zero attached hydrogens (tertiary/aromatic N) is 4. The Morgan fingerprint density at radius 2 is 1.84 bits per heavy atom. The number of para-hydroxylation sites is 1. The molecular weight excluding hydrogens is 421 g/mol. The predicted octanol–water partition coefficient (Wildman–Crippen LogP) is 5.71. The van der Waals surface area contributed by atoms with E-state index in [-0.39, 0.29) is 11.3 Å². The Morgan fingerprint density at radius 1 is 1.00 bits per heavy atom. The molecule has 0 N–H and O–H groups in total. The summed E-state index contributed by atoms with van der Waals surface area (Å²) in [4.78, 5) is 4.83. The van der Waals surface area contributed by atoms with Gasteiger partial charge in [-0.15, -0.1) is 10.2 Å². The number of hydrogen-bond donors (Lipinski definition) is 0. The normalized spacial score (nSPS) is 13.2. The number of aryl methyl sites for hydroxylation is 1. The molecule has 0 unspecified atom stereocenters. The molecule has 0 spiro atoms. The van der Waals surface area contributed by atoms with E-state index in [1.165, 1.54) is 23.4 Å². The largest absolute Gasteiger partial charge is 0.302 e. The van der Waals surface area contributed by atoms with E-state index in [1.807, 2.05) is 29.7 Å². The molecule has 31 heavy (non-hydrogen) atoms. The third kappa shape index (κ3) is 3.39. The minimum atomic E-state index is -1.45. The standard InChI is InChI=1S/C23H19F3N4S/c1-2-30-22(19-14-6-3-4-8-17(14)27-18-9-5-7-15(18)19)28-29-23(30)31-12-13-10-11-16(24)21(26)20(13)25/h3-4,6,8,10-11H,2,5,7,9,12H2,1H3. The third-order valence-electron chi connectivity index (χ3n) is 5.65. The molecule has 2 aromatic heterocycles. The quantitative estimate of drug-likeness (QED) is 0.294. The van der Waals surface area contributed by atoms with E-state index in [0.29, 0.717) is 11.7 Å². The molecule has 0 saturated carbocycles. The maximum atomic E-state index is 14.1. The van der Waals surface area contributed by atoms with Crippen LogP contribution in [0.3, 0.4) is 0 Å². The summed E-state index contributed by atoms with van der Waals surface area (Å²) in [6.45, 7) is 2.62. The summed E-state index contributed by atoms with van der Waals surface area (Å²) in [5.74, 6) is -2.92. The zero-order chi connectivity index (χ0) is 21.5. The van der Waals surface area contributed by atoms with Gasteiger partial charge in [-0.2, -0.15) is 0 Å². The van der Waals surface area contributed by atoms with Crippen molar-refractivity contribution in [2.24, 2.45) is 0 Å². The first kappa shape index (κ1) is 20.1. The Morgan fingerprint density at radius 3 is 2.68 bits per heavy atom. The predicted molar refractivity (Wildman–Crippen MR) is 114 cm³/mol. The van der Waals surface area contributed by atoms with Crippen LogP contribution in [0.25, 0.3) is 22.3 Å². The summed E-state index contributed by atoms with van der Waals surface area (Å²) < 4.78 is 42.8. The SMILES string of the molecule is CCn1c(SCc2ccc(F)c(F)c2F)nnc1-c1c2c(nc3ccccc13)CCC2. The average Bonchev–Trinajstić information content (AvgIpc) is 3.41. The number of benzene rings is 2. The third-order valence-corrected chi connectivity index (χ3v) is 6.66. The van der Waals surface area contributed by atoms with Gasteiger partial charge in [-0.25, -0.2) is 13.2 Å².